The summed E-state index contributed by atoms with van der Waals surface area (Å²) < 4.78 is 5.86. The molecule has 114 valence electrons. The first-order chi connectivity index (χ1) is 10.2. The Morgan fingerprint density at radius 1 is 1.48 bits per heavy atom. The zero-order chi connectivity index (χ0) is 14.8. The molecule has 1 unspecified atom stereocenters. The summed E-state index contributed by atoms with van der Waals surface area (Å²) in [5.74, 6) is 2.09. The first kappa shape index (κ1) is 14.2. The number of nitrogens with zero attached hydrogens (tertiary/aromatic N) is 3. The van der Waals surface area contributed by atoms with Crippen molar-refractivity contribution < 1.29 is 9.53 Å². The molecule has 3 rings (SSSR count). The summed E-state index contributed by atoms with van der Waals surface area (Å²) in [7, 11) is 0. The molecule has 0 radical (unpaired) electrons. The Labute approximate surface area is 125 Å². The van der Waals surface area contributed by atoms with Gasteiger partial charge in [-0.15, -0.1) is 0 Å². The number of carbonyl (C=O) groups is 1. The second kappa shape index (κ2) is 5.92. The third-order valence-corrected chi connectivity index (χ3v) is 4.25. The summed E-state index contributed by atoms with van der Waals surface area (Å²) >= 11 is 0. The van der Waals surface area contributed by atoms with Crippen LogP contribution in [0.15, 0.2) is 12.3 Å². The maximum Gasteiger partial charge on any atom is 0.222 e. The molecule has 5 heteroatoms. The second-order valence-corrected chi connectivity index (χ2v) is 5.91. The fourth-order valence-corrected chi connectivity index (χ4v) is 3.14. The average Bonchev–Trinajstić information content (AvgIpc) is 2.65. The molecule has 3 heterocycles. The van der Waals surface area contributed by atoms with Crippen LogP contribution in [-0.2, 0) is 4.79 Å². The maximum absolute atomic E-state index is 12.1. The number of hydrogen-bond donors (Lipinski definition) is 0. The van der Waals surface area contributed by atoms with Gasteiger partial charge in [-0.25, -0.2) is 4.98 Å². The Balaban J connectivity index is 1.79. The van der Waals surface area contributed by atoms with E-state index in [2.05, 4.69) is 22.9 Å². The third kappa shape index (κ3) is 2.82. The highest BCUT2D eigenvalue weighted by Gasteiger charge is 2.33. The van der Waals surface area contributed by atoms with Crippen LogP contribution in [0.1, 0.15) is 31.7 Å². The molecule has 1 aromatic heterocycles. The number of fused-ring (bicyclic) bond motifs is 3. The molecule has 2 aliphatic heterocycles. The van der Waals surface area contributed by atoms with E-state index in [1.807, 2.05) is 18.0 Å². The van der Waals surface area contributed by atoms with Crippen molar-refractivity contribution in [2.45, 2.75) is 39.2 Å². The van der Waals surface area contributed by atoms with Crippen LogP contribution >= 0.6 is 0 Å². The molecular formula is C16H23N3O2. The molecule has 0 aromatic carbocycles. The number of amides is 1. The highest BCUT2D eigenvalue weighted by molar-refractivity contribution is 5.76. The predicted octanol–water partition coefficient (Wildman–Crippen LogP) is 1.99. The first-order valence-electron chi connectivity index (χ1n) is 7.83. The SMILES string of the molecule is CCCC(=O)N1CCN2c3ncc(C)cc3OCCC2C1. The van der Waals surface area contributed by atoms with Crippen LogP contribution < -0.4 is 9.64 Å². The van der Waals surface area contributed by atoms with Crippen molar-refractivity contribution in [3.8, 4) is 5.75 Å². The summed E-state index contributed by atoms with van der Waals surface area (Å²) in [5, 5.41) is 0. The van der Waals surface area contributed by atoms with Crippen LogP contribution in [0, 0.1) is 6.92 Å². The molecule has 0 aliphatic carbocycles. The highest BCUT2D eigenvalue weighted by Crippen LogP contribution is 2.33. The van der Waals surface area contributed by atoms with Crippen molar-refractivity contribution in [3.05, 3.63) is 17.8 Å². The Morgan fingerprint density at radius 2 is 2.33 bits per heavy atom. The maximum atomic E-state index is 12.1. The predicted molar refractivity (Wildman–Crippen MR) is 81.7 cm³/mol. The van der Waals surface area contributed by atoms with Crippen LogP contribution in [0.4, 0.5) is 5.82 Å². The largest absolute Gasteiger partial charge is 0.490 e. The van der Waals surface area contributed by atoms with E-state index in [1.165, 1.54) is 0 Å². The van der Waals surface area contributed by atoms with Gasteiger partial charge in [-0.3, -0.25) is 4.79 Å². The zero-order valence-electron chi connectivity index (χ0n) is 12.8. The molecule has 5 nitrogen and oxygen atoms in total. The summed E-state index contributed by atoms with van der Waals surface area (Å²) in [6.45, 7) is 7.18. The zero-order valence-corrected chi connectivity index (χ0v) is 12.8. The Hall–Kier alpha value is -1.78. The van der Waals surface area contributed by atoms with E-state index in [4.69, 9.17) is 4.74 Å². The molecule has 21 heavy (non-hydrogen) atoms. The smallest absolute Gasteiger partial charge is 0.222 e. The van der Waals surface area contributed by atoms with Crippen LogP contribution in [0.3, 0.4) is 0 Å². The van der Waals surface area contributed by atoms with Gasteiger partial charge in [0.15, 0.2) is 11.6 Å². The standard InChI is InChI=1S/C16H23N3O2/c1-3-4-15(20)18-6-7-19-13(11-18)5-8-21-14-9-12(2)10-17-16(14)19/h9-10,13H,3-8,11H2,1-2H3. The fourth-order valence-electron chi connectivity index (χ4n) is 3.14. The van der Waals surface area contributed by atoms with Crippen molar-refractivity contribution in [3.63, 3.8) is 0 Å². The van der Waals surface area contributed by atoms with E-state index >= 15 is 0 Å². The average molecular weight is 289 g/mol. The topological polar surface area (TPSA) is 45.7 Å². The van der Waals surface area contributed by atoms with Crippen LogP contribution in [0.5, 0.6) is 5.75 Å². The number of ether oxygens (including phenoxy) is 1. The minimum absolute atomic E-state index is 0.277. The molecule has 1 atom stereocenters. The summed E-state index contributed by atoms with van der Waals surface area (Å²) in [6, 6.07) is 2.37. The summed E-state index contributed by atoms with van der Waals surface area (Å²) in [4.78, 5) is 21.0. The number of aryl methyl sites for hydroxylation is 1. The number of piperazine rings is 1. The summed E-state index contributed by atoms with van der Waals surface area (Å²) in [6.07, 6.45) is 4.39. The van der Waals surface area contributed by atoms with Crippen LogP contribution in [0.25, 0.3) is 0 Å². The van der Waals surface area contributed by atoms with Crippen molar-refractivity contribution in [1.82, 2.24) is 9.88 Å². The van der Waals surface area contributed by atoms with Gasteiger partial charge in [0.2, 0.25) is 5.91 Å². The van der Waals surface area contributed by atoms with Gasteiger partial charge in [-0.2, -0.15) is 0 Å². The van der Waals surface area contributed by atoms with Crippen molar-refractivity contribution in [2.75, 3.05) is 31.1 Å². The number of anilines is 1. The van der Waals surface area contributed by atoms with E-state index in [0.29, 0.717) is 19.1 Å². The number of hydrogen-bond acceptors (Lipinski definition) is 4. The van der Waals surface area contributed by atoms with E-state index < -0.39 is 0 Å². The lowest BCUT2D eigenvalue weighted by Crippen LogP contribution is -2.55. The molecule has 1 fully saturated rings. The summed E-state index contributed by atoms with van der Waals surface area (Å²) in [5.41, 5.74) is 1.11. The van der Waals surface area contributed by atoms with Crippen molar-refractivity contribution in [1.29, 1.82) is 0 Å². The van der Waals surface area contributed by atoms with Gasteiger partial charge in [0.25, 0.3) is 0 Å². The molecule has 0 N–H and O–H groups in total. The Bertz CT molecular complexity index is 532. The minimum atomic E-state index is 0.277. The quantitative estimate of drug-likeness (QED) is 0.835. The fraction of sp³-hybridized carbons (Fsp3) is 0.625. The lowest BCUT2D eigenvalue weighted by atomic mass is 10.1. The monoisotopic (exact) mass is 289 g/mol. The minimum Gasteiger partial charge on any atom is -0.490 e. The number of aromatic nitrogens is 1. The highest BCUT2D eigenvalue weighted by atomic mass is 16.5. The van der Waals surface area contributed by atoms with Gasteiger partial charge in [-0.05, 0) is 25.0 Å². The van der Waals surface area contributed by atoms with Gasteiger partial charge < -0.3 is 14.5 Å². The molecule has 1 aromatic rings. The molecule has 1 amide bonds. The van der Waals surface area contributed by atoms with Crippen LogP contribution in [-0.4, -0.2) is 48.1 Å². The van der Waals surface area contributed by atoms with Crippen LogP contribution in [0.2, 0.25) is 0 Å². The first-order valence-corrected chi connectivity index (χ1v) is 7.83. The molecular weight excluding hydrogens is 266 g/mol. The Morgan fingerprint density at radius 3 is 3.14 bits per heavy atom. The lowest BCUT2D eigenvalue weighted by molar-refractivity contribution is -0.132. The molecule has 1 saturated heterocycles. The van der Waals surface area contributed by atoms with E-state index in [-0.39, 0.29) is 5.91 Å². The molecule has 2 aliphatic rings. The van der Waals surface area contributed by atoms with Gasteiger partial charge in [-0.1, -0.05) is 6.92 Å². The molecule has 0 bridgehead atoms. The lowest BCUT2D eigenvalue weighted by Gasteiger charge is -2.41. The van der Waals surface area contributed by atoms with Crippen molar-refractivity contribution in [2.24, 2.45) is 0 Å². The number of carbonyl (C=O) groups excluding carboxylic acids is 1. The van der Waals surface area contributed by atoms with E-state index in [9.17, 15) is 4.79 Å². The van der Waals surface area contributed by atoms with Gasteiger partial charge in [0.05, 0.1) is 12.6 Å². The van der Waals surface area contributed by atoms with E-state index in [0.717, 1.165) is 49.6 Å². The Kier molecular flexibility index (Phi) is 3.99. The van der Waals surface area contributed by atoms with Gasteiger partial charge in [0.1, 0.15) is 0 Å². The normalized spacial score (nSPS) is 21.1. The van der Waals surface area contributed by atoms with Gasteiger partial charge in [0, 0.05) is 38.7 Å². The van der Waals surface area contributed by atoms with E-state index in [1.54, 1.807) is 0 Å². The van der Waals surface area contributed by atoms with Gasteiger partial charge >= 0.3 is 0 Å². The van der Waals surface area contributed by atoms with Crippen molar-refractivity contribution >= 4 is 11.7 Å². The second-order valence-electron chi connectivity index (χ2n) is 5.91. The number of rotatable bonds is 2. The number of pyridine rings is 1. The molecule has 0 saturated carbocycles. The third-order valence-electron chi connectivity index (χ3n) is 4.25. The molecule has 0 spiro atoms.